The fourth-order valence-electron chi connectivity index (χ4n) is 1.72. The predicted octanol–water partition coefficient (Wildman–Crippen LogP) is 0.855. The van der Waals surface area contributed by atoms with E-state index in [-0.39, 0.29) is 18.6 Å². The van der Waals surface area contributed by atoms with Crippen molar-refractivity contribution in [2.45, 2.75) is 12.5 Å². The zero-order valence-electron chi connectivity index (χ0n) is 10.8. The molecule has 0 aromatic heterocycles. The lowest BCUT2D eigenvalue weighted by atomic mass is 10.1. The Morgan fingerprint density at radius 3 is 2.78 bits per heavy atom. The number of amides is 1. The molecule has 1 unspecified atom stereocenters. The lowest BCUT2D eigenvalue weighted by molar-refractivity contribution is 0.0879. The van der Waals surface area contributed by atoms with E-state index >= 15 is 0 Å². The minimum absolute atomic E-state index is 0.0159. The monoisotopic (exact) mass is 252 g/mol. The highest BCUT2D eigenvalue weighted by molar-refractivity contribution is 5.99. The standard InChI is InChI=1S/C13H20N2O3/c1-14-12-6-4-3-5-11(12)13(17)15-10(7-8-16)9-18-2/h3-6,10,14,16H,7-9H2,1-2H3,(H,15,17). The van der Waals surface area contributed by atoms with E-state index in [0.717, 1.165) is 5.69 Å². The Kier molecular flexibility index (Phi) is 6.18. The van der Waals surface area contributed by atoms with E-state index in [2.05, 4.69) is 10.6 Å². The van der Waals surface area contributed by atoms with Crippen LogP contribution in [0, 0.1) is 0 Å². The Morgan fingerprint density at radius 1 is 1.44 bits per heavy atom. The Balaban J connectivity index is 2.73. The molecule has 1 atom stereocenters. The van der Waals surface area contributed by atoms with Gasteiger partial charge in [-0.3, -0.25) is 4.79 Å². The van der Waals surface area contributed by atoms with Gasteiger partial charge in [-0.15, -0.1) is 0 Å². The molecule has 5 heteroatoms. The molecule has 0 spiro atoms. The number of anilines is 1. The maximum Gasteiger partial charge on any atom is 0.253 e. The van der Waals surface area contributed by atoms with Gasteiger partial charge >= 0.3 is 0 Å². The number of aliphatic hydroxyl groups is 1. The summed E-state index contributed by atoms with van der Waals surface area (Å²) < 4.78 is 5.01. The van der Waals surface area contributed by atoms with E-state index in [4.69, 9.17) is 9.84 Å². The fourth-order valence-corrected chi connectivity index (χ4v) is 1.72. The number of carbonyl (C=O) groups is 1. The molecule has 5 nitrogen and oxygen atoms in total. The predicted molar refractivity (Wildman–Crippen MR) is 70.8 cm³/mol. The molecule has 18 heavy (non-hydrogen) atoms. The summed E-state index contributed by atoms with van der Waals surface area (Å²) in [4.78, 5) is 12.1. The molecule has 0 aliphatic carbocycles. The Labute approximate surface area is 107 Å². The number of para-hydroxylation sites is 1. The summed E-state index contributed by atoms with van der Waals surface area (Å²) in [5.74, 6) is -0.171. The summed E-state index contributed by atoms with van der Waals surface area (Å²) in [5, 5.41) is 14.7. The molecule has 1 amide bonds. The van der Waals surface area contributed by atoms with Gasteiger partial charge in [-0.25, -0.2) is 0 Å². The van der Waals surface area contributed by atoms with Crippen molar-refractivity contribution >= 4 is 11.6 Å². The van der Waals surface area contributed by atoms with Gasteiger partial charge in [0.1, 0.15) is 0 Å². The van der Waals surface area contributed by atoms with Gasteiger partial charge in [0.25, 0.3) is 5.91 Å². The first-order valence-electron chi connectivity index (χ1n) is 5.90. The number of aliphatic hydroxyl groups excluding tert-OH is 1. The molecule has 1 rings (SSSR count). The SMILES string of the molecule is CNc1ccccc1C(=O)NC(CCO)COC. The first-order valence-corrected chi connectivity index (χ1v) is 5.90. The van der Waals surface area contributed by atoms with Crippen LogP contribution in [0.3, 0.4) is 0 Å². The van der Waals surface area contributed by atoms with Crippen LogP contribution in [0.15, 0.2) is 24.3 Å². The van der Waals surface area contributed by atoms with Crippen LogP contribution in [-0.2, 0) is 4.74 Å². The van der Waals surface area contributed by atoms with Gasteiger partial charge in [-0.05, 0) is 18.6 Å². The van der Waals surface area contributed by atoms with Gasteiger partial charge < -0.3 is 20.5 Å². The van der Waals surface area contributed by atoms with Crippen LogP contribution in [0.1, 0.15) is 16.8 Å². The number of rotatable bonds is 7. The van der Waals surface area contributed by atoms with E-state index in [1.807, 2.05) is 18.2 Å². The highest BCUT2D eigenvalue weighted by Crippen LogP contribution is 2.14. The Bertz CT molecular complexity index is 376. The van der Waals surface area contributed by atoms with Crippen molar-refractivity contribution in [1.29, 1.82) is 0 Å². The molecule has 0 aliphatic heterocycles. The molecule has 3 N–H and O–H groups in total. The number of nitrogens with one attached hydrogen (secondary N) is 2. The van der Waals surface area contributed by atoms with Crippen LogP contribution in [0.4, 0.5) is 5.69 Å². The Morgan fingerprint density at radius 2 is 2.17 bits per heavy atom. The normalized spacial score (nSPS) is 11.9. The number of carbonyl (C=O) groups excluding carboxylic acids is 1. The smallest absolute Gasteiger partial charge is 0.253 e. The highest BCUT2D eigenvalue weighted by atomic mass is 16.5. The average molecular weight is 252 g/mol. The lowest BCUT2D eigenvalue weighted by Crippen LogP contribution is -2.38. The van der Waals surface area contributed by atoms with Gasteiger partial charge in [-0.2, -0.15) is 0 Å². The third-order valence-corrected chi connectivity index (χ3v) is 2.62. The molecule has 1 aromatic rings. The summed E-state index contributed by atoms with van der Waals surface area (Å²) >= 11 is 0. The van der Waals surface area contributed by atoms with Gasteiger partial charge in [-0.1, -0.05) is 12.1 Å². The van der Waals surface area contributed by atoms with Crippen LogP contribution in [0.2, 0.25) is 0 Å². The largest absolute Gasteiger partial charge is 0.396 e. The van der Waals surface area contributed by atoms with Crippen LogP contribution < -0.4 is 10.6 Å². The van der Waals surface area contributed by atoms with Crippen LogP contribution >= 0.6 is 0 Å². The topological polar surface area (TPSA) is 70.6 Å². The second-order valence-electron chi connectivity index (χ2n) is 3.93. The van der Waals surface area contributed by atoms with Crippen LogP contribution in [-0.4, -0.2) is 44.4 Å². The second-order valence-corrected chi connectivity index (χ2v) is 3.93. The molecule has 1 aromatic carbocycles. The van der Waals surface area contributed by atoms with E-state index in [0.29, 0.717) is 18.6 Å². The summed E-state index contributed by atoms with van der Waals surface area (Å²) in [5.41, 5.74) is 1.36. The van der Waals surface area contributed by atoms with E-state index < -0.39 is 0 Å². The van der Waals surface area contributed by atoms with Crippen molar-refractivity contribution in [3.05, 3.63) is 29.8 Å². The quantitative estimate of drug-likeness (QED) is 0.673. The van der Waals surface area contributed by atoms with Crippen LogP contribution in [0.5, 0.6) is 0 Å². The molecule has 0 radical (unpaired) electrons. The molecular weight excluding hydrogens is 232 g/mol. The Hall–Kier alpha value is -1.59. The first-order chi connectivity index (χ1) is 8.72. The molecule has 0 bridgehead atoms. The van der Waals surface area contributed by atoms with Crippen molar-refractivity contribution in [3.63, 3.8) is 0 Å². The number of hydrogen-bond donors (Lipinski definition) is 3. The average Bonchev–Trinajstić information content (AvgIpc) is 2.39. The van der Waals surface area contributed by atoms with Gasteiger partial charge in [0.05, 0.1) is 18.2 Å². The molecule has 100 valence electrons. The summed E-state index contributed by atoms with van der Waals surface area (Å²) in [6, 6.07) is 7.09. The van der Waals surface area contributed by atoms with Gasteiger partial charge in [0.15, 0.2) is 0 Å². The summed E-state index contributed by atoms with van der Waals surface area (Å²) in [6.07, 6.45) is 0.474. The minimum Gasteiger partial charge on any atom is -0.396 e. The zero-order valence-corrected chi connectivity index (χ0v) is 10.8. The number of methoxy groups -OCH3 is 1. The molecule has 0 saturated carbocycles. The molecule has 0 aliphatic rings. The first kappa shape index (κ1) is 14.5. The second kappa shape index (κ2) is 7.68. The third-order valence-electron chi connectivity index (χ3n) is 2.62. The molecule has 0 fully saturated rings. The highest BCUT2D eigenvalue weighted by Gasteiger charge is 2.15. The number of benzene rings is 1. The van der Waals surface area contributed by atoms with Gasteiger partial charge in [0, 0.05) is 26.5 Å². The van der Waals surface area contributed by atoms with Crippen molar-refractivity contribution in [1.82, 2.24) is 5.32 Å². The van der Waals surface area contributed by atoms with E-state index in [9.17, 15) is 4.79 Å². The maximum atomic E-state index is 12.1. The summed E-state index contributed by atoms with van der Waals surface area (Å²) in [7, 11) is 3.34. The van der Waals surface area contributed by atoms with Crippen molar-refractivity contribution in [3.8, 4) is 0 Å². The fraction of sp³-hybridized carbons (Fsp3) is 0.462. The number of hydrogen-bond acceptors (Lipinski definition) is 4. The van der Waals surface area contributed by atoms with Crippen molar-refractivity contribution < 1.29 is 14.6 Å². The zero-order chi connectivity index (χ0) is 13.4. The third kappa shape index (κ3) is 4.01. The van der Waals surface area contributed by atoms with E-state index in [1.165, 1.54) is 0 Å². The molecule has 0 saturated heterocycles. The van der Waals surface area contributed by atoms with E-state index in [1.54, 1.807) is 20.2 Å². The summed E-state index contributed by atoms with van der Waals surface area (Å²) in [6.45, 7) is 0.399. The van der Waals surface area contributed by atoms with Gasteiger partial charge in [0.2, 0.25) is 0 Å². The minimum atomic E-state index is -0.183. The molecular formula is C13H20N2O3. The van der Waals surface area contributed by atoms with Crippen molar-refractivity contribution in [2.24, 2.45) is 0 Å². The maximum absolute atomic E-state index is 12.1. The number of ether oxygens (including phenoxy) is 1. The lowest BCUT2D eigenvalue weighted by Gasteiger charge is -2.18. The molecule has 0 heterocycles. The van der Waals surface area contributed by atoms with Crippen LogP contribution in [0.25, 0.3) is 0 Å². The van der Waals surface area contributed by atoms with Crippen molar-refractivity contribution in [2.75, 3.05) is 32.7 Å².